The quantitative estimate of drug-likeness (QED) is 0.890. The summed E-state index contributed by atoms with van der Waals surface area (Å²) in [4.78, 5) is 8.45. The van der Waals surface area contributed by atoms with E-state index in [1.807, 2.05) is 11.8 Å². The largest absolute Gasteiger partial charge is 0.366 e. The molecule has 1 aromatic heterocycles. The Bertz CT molecular complexity index is 402. The molecular formula is C12H19ClN4S. The van der Waals surface area contributed by atoms with Crippen LogP contribution in [0.4, 0.5) is 11.8 Å². The zero-order chi connectivity index (χ0) is 13.0. The summed E-state index contributed by atoms with van der Waals surface area (Å²) in [5, 5.41) is 7.71. The first-order valence-corrected chi connectivity index (χ1v) is 7.89. The Morgan fingerprint density at radius 3 is 3.00 bits per heavy atom. The molecule has 2 rings (SSSR count). The summed E-state index contributed by atoms with van der Waals surface area (Å²) in [6, 6.07) is 0.466. The number of hydrogen-bond acceptors (Lipinski definition) is 5. The van der Waals surface area contributed by atoms with Gasteiger partial charge >= 0.3 is 0 Å². The highest BCUT2D eigenvalue weighted by atomic mass is 35.5. The molecule has 0 spiro atoms. The number of anilines is 2. The van der Waals surface area contributed by atoms with Crippen LogP contribution in [0.25, 0.3) is 0 Å². The van der Waals surface area contributed by atoms with Crippen molar-refractivity contribution in [1.29, 1.82) is 0 Å². The molecule has 0 saturated heterocycles. The van der Waals surface area contributed by atoms with Crippen molar-refractivity contribution in [2.75, 3.05) is 23.9 Å². The summed E-state index contributed by atoms with van der Waals surface area (Å²) in [5.74, 6) is 1.34. The van der Waals surface area contributed by atoms with Gasteiger partial charge in [-0.05, 0) is 25.5 Å². The fourth-order valence-electron chi connectivity index (χ4n) is 2.27. The second kappa shape index (κ2) is 6.48. The minimum atomic E-state index is 0.466. The smallest absolute Gasteiger partial charge is 0.224 e. The van der Waals surface area contributed by atoms with Crippen LogP contribution in [0, 0.1) is 0 Å². The maximum atomic E-state index is 6.12. The van der Waals surface area contributed by atoms with Crippen LogP contribution in [0.5, 0.6) is 0 Å². The van der Waals surface area contributed by atoms with Crippen LogP contribution in [0.3, 0.4) is 0 Å². The Hall–Kier alpha value is -0.680. The average molecular weight is 287 g/mol. The van der Waals surface area contributed by atoms with Crippen molar-refractivity contribution < 1.29 is 0 Å². The molecule has 0 bridgehead atoms. The molecule has 0 aromatic carbocycles. The van der Waals surface area contributed by atoms with Crippen LogP contribution in [0.1, 0.15) is 25.7 Å². The highest BCUT2D eigenvalue weighted by Crippen LogP contribution is 2.30. The summed E-state index contributed by atoms with van der Waals surface area (Å²) in [5.41, 5.74) is 0. The van der Waals surface area contributed by atoms with Crippen molar-refractivity contribution in [2.24, 2.45) is 0 Å². The minimum absolute atomic E-state index is 0.466. The highest BCUT2D eigenvalue weighted by molar-refractivity contribution is 7.99. The van der Waals surface area contributed by atoms with E-state index in [0.717, 1.165) is 11.1 Å². The van der Waals surface area contributed by atoms with Crippen molar-refractivity contribution in [3.8, 4) is 0 Å². The van der Waals surface area contributed by atoms with Crippen LogP contribution in [0.2, 0.25) is 5.02 Å². The maximum Gasteiger partial charge on any atom is 0.224 e. The van der Waals surface area contributed by atoms with Gasteiger partial charge in [0.15, 0.2) is 5.82 Å². The first-order chi connectivity index (χ1) is 8.72. The van der Waals surface area contributed by atoms with Gasteiger partial charge in [-0.2, -0.15) is 16.7 Å². The number of nitrogens with one attached hydrogen (secondary N) is 2. The van der Waals surface area contributed by atoms with Crippen LogP contribution in [0.15, 0.2) is 6.20 Å². The van der Waals surface area contributed by atoms with Crippen LogP contribution in [-0.2, 0) is 0 Å². The number of aromatic nitrogens is 2. The predicted octanol–water partition coefficient (Wildman–Crippen LogP) is 3.26. The van der Waals surface area contributed by atoms with Gasteiger partial charge in [0.05, 0.1) is 6.20 Å². The molecule has 100 valence electrons. The first-order valence-electron chi connectivity index (χ1n) is 6.22. The number of thioether (sulfide) groups is 1. The molecule has 1 fully saturated rings. The van der Waals surface area contributed by atoms with E-state index in [1.165, 1.54) is 25.7 Å². The number of rotatable bonds is 4. The van der Waals surface area contributed by atoms with Gasteiger partial charge in [0.25, 0.3) is 0 Å². The standard InChI is InChI=1S/C12H19ClN4S/c1-14-12-15-7-10(13)11(17-12)16-8-4-3-5-9(6-8)18-2/h7-9H,3-6H2,1-2H3,(H2,14,15,16,17). The zero-order valence-corrected chi connectivity index (χ0v) is 12.3. The molecule has 6 heteroatoms. The monoisotopic (exact) mass is 286 g/mol. The fraction of sp³-hybridized carbons (Fsp3) is 0.667. The average Bonchev–Trinajstić information content (AvgIpc) is 2.41. The molecule has 1 heterocycles. The molecule has 18 heavy (non-hydrogen) atoms. The van der Waals surface area contributed by atoms with Crippen LogP contribution >= 0.6 is 23.4 Å². The minimum Gasteiger partial charge on any atom is -0.366 e. The molecule has 1 saturated carbocycles. The molecule has 2 unspecified atom stereocenters. The summed E-state index contributed by atoms with van der Waals surface area (Å²) < 4.78 is 0. The van der Waals surface area contributed by atoms with E-state index in [2.05, 4.69) is 26.9 Å². The van der Waals surface area contributed by atoms with Gasteiger partial charge in [-0.3, -0.25) is 0 Å². The lowest BCUT2D eigenvalue weighted by molar-refractivity contribution is 0.473. The molecule has 0 amide bonds. The van der Waals surface area contributed by atoms with Crippen LogP contribution < -0.4 is 10.6 Å². The third kappa shape index (κ3) is 3.42. The van der Waals surface area contributed by atoms with Crippen molar-refractivity contribution >= 4 is 35.1 Å². The Morgan fingerprint density at radius 2 is 2.28 bits per heavy atom. The van der Waals surface area contributed by atoms with Crippen LogP contribution in [-0.4, -0.2) is 34.6 Å². The Morgan fingerprint density at radius 1 is 1.44 bits per heavy atom. The van der Waals surface area contributed by atoms with Gasteiger partial charge in [-0.25, -0.2) is 4.98 Å². The van der Waals surface area contributed by atoms with Gasteiger partial charge < -0.3 is 10.6 Å². The van der Waals surface area contributed by atoms with E-state index in [9.17, 15) is 0 Å². The lowest BCUT2D eigenvalue weighted by Gasteiger charge is -2.29. The molecule has 1 aliphatic rings. The SMILES string of the molecule is CNc1ncc(Cl)c(NC2CCCC(SC)C2)n1. The van der Waals surface area contributed by atoms with Crippen molar-refractivity contribution in [3.63, 3.8) is 0 Å². The third-order valence-corrected chi connectivity index (χ3v) is 4.64. The Kier molecular flexibility index (Phi) is 4.95. The van der Waals surface area contributed by atoms with E-state index in [0.29, 0.717) is 17.0 Å². The topological polar surface area (TPSA) is 49.8 Å². The molecule has 2 N–H and O–H groups in total. The van der Waals surface area contributed by atoms with Crippen molar-refractivity contribution in [2.45, 2.75) is 37.0 Å². The van der Waals surface area contributed by atoms with Gasteiger partial charge in [0.1, 0.15) is 5.02 Å². The second-order valence-electron chi connectivity index (χ2n) is 4.51. The molecule has 2 atom stereocenters. The summed E-state index contributed by atoms with van der Waals surface area (Å²) in [6.45, 7) is 0. The summed E-state index contributed by atoms with van der Waals surface area (Å²) in [6.07, 6.45) is 8.77. The van der Waals surface area contributed by atoms with Gasteiger partial charge in [0.2, 0.25) is 5.95 Å². The van der Waals surface area contributed by atoms with Gasteiger partial charge in [-0.15, -0.1) is 0 Å². The Labute approximate surface area is 117 Å². The number of hydrogen-bond donors (Lipinski definition) is 2. The normalized spacial score (nSPS) is 23.7. The zero-order valence-electron chi connectivity index (χ0n) is 10.7. The van der Waals surface area contributed by atoms with E-state index >= 15 is 0 Å². The van der Waals surface area contributed by atoms with Crippen molar-refractivity contribution in [3.05, 3.63) is 11.2 Å². The van der Waals surface area contributed by atoms with E-state index < -0.39 is 0 Å². The summed E-state index contributed by atoms with van der Waals surface area (Å²) >= 11 is 8.08. The predicted molar refractivity (Wildman–Crippen MR) is 79.8 cm³/mol. The third-order valence-electron chi connectivity index (χ3n) is 3.27. The van der Waals surface area contributed by atoms with Gasteiger partial charge in [-0.1, -0.05) is 18.0 Å². The maximum absolute atomic E-state index is 6.12. The molecule has 1 aromatic rings. The Balaban J connectivity index is 2.04. The van der Waals surface area contributed by atoms with E-state index in [-0.39, 0.29) is 0 Å². The molecule has 0 radical (unpaired) electrons. The summed E-state index contributed by atoms with van der Waals surface area (Å²) in [7, 11) is 1.80. The number of halogens is 1. The molecule has 4 nitrogen and oxygen atoms in total. The van der Waals surface area contributed by atoms with E-state index in [1.54, 1.807) is 13.2 Å². The lowest BCUT2D eigenvalue weighted by Crippen LogP contribution is -2.29. The highest BCUT2D eigenvalue weighted by Gasteiger charge is 2.22. The first kappa shape index (κ1) is 13.7. The second-order valence-corrected chi connectivity index (χ2v) is 6.05. The number of nitrogens with zero attached hydrogens (tertiary/aromatic N) is 2. The molecule has 1 aliphatic carbocycles. The lowest BCUT2D eigenvalue weighted by atomic mass is 9.95. The van der Waals surface area contributed by atoms with Crippen molar-refractivity contribution in [1.82, 2.24) is 9.97 Å². The van der Waals surface area contributed by atoms with E-state index in [4.69, 9.17) is 11.6 Å². The fourth-order valence-corrected chi connectivity index (χ4v) is 3.25. The molecule has 0 aliphatic heterocycles. The molecular weight excluding hydrogens is 268 g/mol. The van der Waals surface area contributed by atoms with Gasteiger partial charge in [0, 0.05) is 18.3 Å².